The van der Waals surface area contributed by atoms with E-state index in [0.717, 1.165) is 12.3 Å². The number of nitrogens with one attached hydrogen (secondary N) is 1. The quantitative estimate of drug-likeness (QED) is 0.767. The van der Waals surface area contributed by atoms with E-state index in [0.29, 0.717) is 17.0 Å². The van der Waals surface area contributed by atoms with Gasteiger partial charge >= 0.3 is 0 Å². The molecule has 1 heterocycles. The maximum absolute atomic E-state index is 12.1. The molecule has 1 N–H and O–H groups in total. The number of sulfonamides is 1. The molecule has 2 aromatic rings. The van der Waals surface area contributed by atoms with E-state index in [9.17, 15) is 16.8 Å². The van der Waals surface area contributed by atoms with Gasteiger partial charge in [-0.3, -0.25) is 4.84 Å². The molecule has 0 aliphatic carbocycles. The first kappa shape index (κ1) is 17.6. The molecular formula is C13H16N2O6S2. The van der Waals surface area contributed by atoms with Gasteiger partial charge in [0, 0.05) is 11.8 Å². The maximum atomic E-state index is 12.1. The third kappa shape index (κ3) is 4.16. The van der Waals surface area contributed by atoms with Crippen molar-refractivity contribution < 1.29 is 26.2 Å². The van der Waals surface area contributed by atoms with E-state index in [2.05, 4.69) is 5.16 Å². The van der Waals surface area contributed by atoms with Gasteiger partial charge in [0.25, 0.3) is 10.0 Å². The largest absolute Gasteiger partial charge is 0.361 e. The van der Waals surface area contributed by atoms with E-state index in [1.807, 2.05) is 4.89 Å². The summed E-state index contributed by atoms with van der Waals surface area (Å²) in [6.07, 6.45) is 1.00. The van der Waals surface area contributed by atoms with E-state index >= 15 is 0 Å². The Bertz CT molecular complexity index is 896. The second-order valence-electron chi connectivity index (χ2n) is 4.93. The monoisotopic (exact) mass is 360 g/mol. The van der Waals surface area contributed by atoms with E-state index in [1.165, 1.54) is 18.2 Å². The molecule has 126 valence electrons. The summed E-state index contributed by atoms with van der Waals surface area (Å²) in [4.78, 5) is 6.65. The van der Waals surface area contributed by atoms with Crippen LogP contribution >= 0.6 is 0 Å². The van der Waals surface area contributed by atoms with Crippen LogP contribution < -0.4 is 4.89 Å². The summed E-state index contributed by atoms with van der Waals surface area (Å²) in [6.45, 7) is 3.33. The second-order valence-corrected chi connectivity index (χ2v) is 8.59. The Morgan fingerprint density at radius 3 is 2.39 bits per heavy atom. The Morgan fingerprint density at radius 1 is 1.17 bits per heavy atom. The van der Waals surface area contributed by atoms with Gasteiger partial charge in [0.05, 0.1) is 22.1 Å². The molecule has 0 fully saturated rings. The van der Waals surface area contributed by atoms with Crippen LogP contribution in [0.15, 0.2) is 38.6 Å². The zero-order valence-corrected chi connectivity index (χ0v) is 14.4. The molecule has 0 unspecified atom stereocenters. The molecular weight excluding hydrogens is 344 g/mol. The van der Waals surface area contributed by atoms with Crippen molar-refractivity contribution in [2.75, 3.05) is 6.26 Å². The average molecular weight is 360 g/mol. The van der Waals surface area contributed by atoms with Crippen molar-refractivity contribution in [3.05, 3.63) is 41.3 Å². The number of hydrogen-bond donors (Lipinski definition) is 1. The minimum absolute atomic E-state index is 0.0633. The lowest BCUT2D eigenvalue weighted by Gasteiger charge is -2.08. The number of rotatable bonds is 6. The van der Waals surface area contributed by atoms with Gasteiger partial charge in [0.2, 0.25) is 0 Å². The van der Waals surface area contributed by atoms with Crippen molar-refractivity contribution in [2.24, 2.45) is 0 Å². The van der Waals surface area contributed by atoms with Crippen LogP contribution in [0.3, 0.4) is 0 Å². The van der Waals surface area contributed by atoms with Crippen molar-refractivity contribution in [1.82, 2.24) is 10.0 Å². The standard InChI is InChI=1S/C13H16N2O6S2/c1-9-13(10(2)21-14-9)8-20-15-23(18,19)12-6-4-5-11(7-12)22(3,16)17/h4-7,15H,8H2,1-3H3. The van der Waals surface area contributed by atoms with Crippen molar-refractivity contribution in [1.29, 1.82) is 0 Å². The topological polar surface area (TPSA) is 116 Å². The third-order valence-corrected chi connectivity index (χ3v) is 5.43. The first-order chi connectivity index (χ1) is 10.6. The predicted octanol–water partition coefficient (Wildman–Crippen LogP) is 1.11. The summed E-state index contributed by atoms with van der Waals surface area (Å²) in [5, 5.41) is 3.73. The molecule has 0 aliphatic heterocycles. The fourth-order valence-electron chi connectivity index (χ4n) is 1.81. The Hall–Kier alpha value is -1.75. The number of sulfone groups is 1. The minimum Gasteiger partial charge on any atom is -0.361 e. The molecule has 0 radical (unpaired) electrons. The van der Waals surface area contributed by atoms with Crippen molar-refractivity contribution in [2.45, 2.75) is 30.2 Å². The molecule has 0 saturated heterocycles. The molecule has 0 saturated carbocycles. The van der Waals surface area contributed by atoms with Crippen LogP contribution in [0.5, 0.6) is 0 Å². The highest BCUT2D eigenvalue weighted by Crippen LogP contribution is 2.16. The highest BCUT2D eigenvalue weighted by Gasteiger charge is 2.18. The van der Waals surface area contributed by atoms with Crippen LogP contribution in [0.2, 0.25) is 0 Å². The number of nitrogens with zero attached hydrogens (tertiary/aromatic N) is 1. The fraction of sp³-hybridized carbons (Fsp3) is 0.308. The van der Waals surface area contributed by atoms with Crippen LogP contribution in [0.1, 0.15) is 17.0 Å². The minimum atomic E-state index is -4.01. The number of hydrogen-bond acceptors (Lipinski definition) is 7. The van der Waals surface area contributed by atoms with Gasteiger partial charge in [0.1, 0.15) is 5.76 Å². The van der Waals surface area contributed by atoms with Gasteiger partial charge in [-0.25, -0.2) is 16.8 Å². The Kier molecular flexibility index (Phi) is 4.90. The summed E-state index contributed by atoms with van der Waals surface area (Å²) in [5.41, 5.74) is 1.23. The van der Waals surface area contributed by atoms with Gasteiger partial charge in [-0.2, -0.15) is 0 Å². The number of aromatic nitrogens is 1. The van der Waals surface area contributed by atoms with Gasteiger partial charge in [-0.1, -0.05) is 16.1 Å². The van der Waals surface area contributed by atoms with Crippen LogP contribution in [0, 0.1) is 13.8 Å². The molecule has 0 amide bonds. The van der Waals surface area contributed by atoms with Gasteiger partial charge in [-0.15, -0.1) is 0 Å². The van der Waals surface area contributed by atoms with Crippen molar-refractivity contribution in [3.63, 3.8) is 0 Å². The molecule has 1 aromatic carbocycles. The van der Waals surface area contributed by atoms with Crippen LogP contribution in [-0.2, 0) is 31.3 Å². The van der Waals surface area contributed by atoms with E-state index in [-0.39, 0.29) is 16.4 Å². The SMILES string of the molecule is Cc1noc(C)c1CONS(=O)(=O)c1cccc(S(C)(=O)=O)c1. The average Bonchev–Trinajstić information content (AvgIpc) is 2.78. The molecule has 10 heteroatoms. The molecule has 1 aromatic heterocycles. The summed E-state index contributed by atoms with van der Waals surface area (Å²) in [6, 6.07) is 5.01. The van der Waals surface area contributed by atoms with Crippen LogP contribution in [0.25, 0.3) is 0 Å². The lowest BCUT2D eigenvalue weighted by atomic mass is 10.2. The molecule has 8 nitrogen and oxygen atoms in total. The normalized spacial score (nSPS) is 12.5. The van der Waals surface area contributed by atoms with Crippen LogP contribution in [0.4, 0.5) is 0 Å². The zero-order chi connectivity index (χ0) is 17.3. The molecule has 2 rings (SSSR count). The summed E-state index contributed by atoms with van der Waals surface area (Å²) in [5.74, 6) is 0.528. The molecule has 23 heavy (non-hydrogen) atoms. The second kappa shape index (κ2) is 6.40. The number of aryl methyl sites for hydroxylation is 2. The maximum Gasteiger partial charge on any atom is 0.262 e. The third-order valence-electron chi connectivity index (χ3n) is 3.11. The summed E-state index contributed by atoms with van der Waals surface area (Å²) >= 11 is 0. The van der Waals surface area contributed by atoms with Gasteiger partial charge < -0.3 is 4.52 Å². The zero-order valence-electron chi connectivity index (χ0n) is 12.7. The first-order valence-electron chi connectivity index (χ1n) is 6.47. The number of benzene rings is 1. The molecule has 0 aliphatic rings. The summed E-state index contributed by atoms with van der Waals surface area (Å²) < 4.78 is 52.2. The Morgan fingerprint density at radius 2 is 1.83 bits per heavy atom. The molecule has 0 spiro atoms. The van der Waals surface area contributed by atoms with E-state index in [1.54, 1.807) is 13.8 Å². The highest BCUT2D eigenvalue weighted by molar-refractivity contribution is 7.91. The van der Waals surface area contributed by atoms with Gasteiger partial charge in [-0.05, 0) is 32.0 Å². The van der Waals surface area contributed by atoms with Crippen molar-refractivity contribution in [3.8, 4) is 0 Å². The van der Waals surface area contributed by atoms with Gasteiger partial charge in [0.15, 0.2) is 9.84 Å². The molecule has 0 atom stereocenters. The first-order valence-corrected chi connectivity index (χ1v) is 9.84. The smallest absolute Gasteiger partial charge is 0.262 e. The molecule has 0 bridgehead atoms. The Balaban J connectivity index is 2.14. The van der Waals surface area contributed by atoms with Crippen LogP contribution in [-0.4, -0.2) is 28.2 Å². The Labute approximate surface area is 134 Å². The van der Waals surface area contributed by atoms with Crippen molar-refractivity contribution >= 4 is 19.9 Å². The predicted molar refractivity (Wildman–Crippen MR) is 80.6 cm³/mol. The lowest BCUT2D eigenvalue weighted by molar-refractivity contribution is 0.0784. The van der Waals surface area contributed by atoms with E-state index in [4.69, 9.17) is 9.36 Å². The van der Waals surface area contributed by atoms with E-state index < -0.39 is 19.9 Å². The fourth-order valence-corrected chi connectivity index (χ4v) is 3.40. The summed E-state index contributed by atoms with van der Waals surface area (Å²) in [7, 11) is -7.52. The highest BCUT2D eigenvalue weighted by atomic mass is 32.2. The lowest BCUT2D eigenvalue weighted by Crippen LogP contribution is -2.24.